The second-order valence-corrected chi connectivity index (χ2v) is 6.37. The van der Waals surface area contributed by atoms with Gasteiger partial charge in [-0.05, 0) is 47.0 Å². The van der Waals surface area contributed by atoms with Gasteiger partial charge in [0.2, 0.25) is 0 Å². The smallest absolute Gasteiger partial charge is 0.339 e. The van der Waals surface area contributed by atoms with Crippen molar-refractivity contribution < 1.29 is 9.53 Å². The third-order valence-electron chi connectivity index (χ3n) is 4.82. The molecule has 25 heavy (non-hydrogen) atoms. The summed E-state index contributed by atoms with van der Waals surface area (Å²) in [5.41, 5.74) is 0.730. The molecule has 4 aromatic rings. The average Bonchev–Trinajstić information content (AvgIpc) is 2.65. The number of ether oxygens (including phenoxy) is 1. The predicted molar refractivity (Wildman–Crippen MR) is 104 cm³/mol. The van der Waals surface area contributed by atoms with Crippen molar-refractivity contribution in [3.05, 3.63) is 66.2 Å². The molecule has 0 amide bonds. The van der Waals surface area contributed by atoms with E-state index in [1.54, 1.807) is 0 Å². The van der Waals surface area contributed by atoms with Crippen molar-refractivity contribution in [1.82, 2.24) is 0 Å². The third kappa shape index (κ3) is 2.54. The minimum Gasteiger partial charge on any atom is -0.423 e. The highest BCUT2D eigenvalue weighted by molar-refractivity contribution is 6.24. The van der Waals surface area contributed by atoms with Gasteiger partial charge in [0.15, 0.2) is 0 Å². The van der Waals surface area contributed by atoms with E-state index in [1.165, 1.54) is 26.9 Å². The van der Waals surface area contributed by atoms with E-state index in [0.29, 0.717) is 5.75 Å². The molecule has 124 valence electrons. The maximum Gasteiger partial charge on any atom is 0.339 e. The number of carbonyl (C=O) groups is 1. The van der Waals surface area contributed by atoms with Gasteiger partial charge in [0.25, 0.3) is 0 Å². The molecule has 0 fully saturated rings. The van der Waals surface area contributed by atoms with Gasteiger partial charge in [0.05, 0.1) is 0 Å². The lowest BCUT2D eigenvalue weighted by molar-refractivity contribution is -0.130. The molecule has 0 saturated heterocycles. The lowest BCUT2D eigenvalue weighted by atomic mass is 9.94. The molecular weight excluding hydrogens is 308 g/mol. The van der Waals surface area contributed by atoms with Crippen molar-refractivity contribution in [3.8, 4) is 5.75 Å². The van der Waals surface area contributed by atoms with E-state index < -0.39 is 0 Å². The number of esters is 1. The Morgan fingerprint density at radius 2 is 1.56 bits per heavy atom. The Bertz CT molecular complexity index is 1090. The van der Waals surface area contributed by atoms with E-state index in [2.05, 4.69) is 49.4 Å². The molecule has 0 N–H and O–H groups in total. The van der Waals surface area contributed by atoms with Gasteiger partial charge in [-0.2, -0.15) is 0 Å². The van der Waals surface area contributed by atoms with E-state index in [-0.39, 0.29) is 5.97 Å². The highest BCUT2D eigenvalue weighted by Crippen LogP contribution is 2.38. The van der Waals surface area contributed by atoms with Gasteiger partial charge < -0.3 is 4.74 Å². The van der Waals surface area contributed by atoms with Gasteiger partial charge in [-0.15, -0.1) is 0 Å². The Labute approximate surface area is 147 Å². The van der Waals surface area contributed by atoms with Crippen LogP contribution in [0, 0.1) is 0 Å². The van der Waals surface area contributed by atoms with Crippen LogP contribution in [0.2, 0.25) is 0 Å². The first kappa shape index (κ1) is 15.6. The first-order valence-corrected chi connectivity index (χ1v) is 8.77. The molecule has 0 heterocycles. The number of hydrogen-bond acceptors (Lipinski definition) is 2. The molecule has 0 aromatic heterocycles. The van der Waals surface area contributed by atoms with Crippen LogP contribution in [0.25, 0.3) is 32.3 Å². The summed E-state index contributed by atoms with van der Waals surface area (Å²) in [5.74, 6) is 0.380. The zero-order valence-electron chi connectivity index (χ0n) is 14.5. The maximum atomic E-state index is 12.5. The molecule has 0 aliphatic carbocycles. The minimum atomic E-state index is -0.251. The number of carbonyl (C=O) groups excluding carboxylic acids is 1. The maximum absolute atomic E-state index is 12.5. The fraction of sp³-hybridized carbons (Fsp3) is 0.174. The van der Waals surface area contributed by atoms with Crippen LogP contribution in [0.4, 0.5) is 0 Å². The molecule has 2 heteroatoms. The van der Waals surface area contributed by atoms with Gasteiger partial charge in [-0.1, -0.05) is 61.9 Å². The zero-order valence-corrected chi connectivity index (χ0v) is 14.5. The van der Waals surface area contributed by atoms with Crippen LogP contribution in [0.5, 0.6) is 5.75 Å². The Balaban J connectivity index is 1.89. The van der Waals surface area contributed by atoms with Gasteiger partial charge in [-0.25, -0.2) is 4.79 Å². The molecule has 0 aliphatic heterocycles. The van der Waals surface area contributed by atoms with Gasteiger partial charge in [-0.3, -0.25) is 0 Å². The first-order chi connectivity index (χ1) is 12.2. The fourth-order valence-electron chi connectivity index (χ4n) is 3.60. The van der Waals surface area contributed by atoms with Gasteiger partial charge in [0, 0.05) is 16.3 Å². The predicted octanol–water partition coefficient (Wildman–Crippen LogP) is 6.24. The Morgan fingerprint density at radius 3 is 2.24 bits per heavy atom. The Hall–Kier alpha value is -2.87. The van der Waals surface area contributed by atoms with Crippen molar-refractivity contribution >= 4 is 38.3 Å². The molecule has 0 aliphatic rings. The van der Waals surface area contributed by atoms with Crippen LogP contribution >= 0.6 is 0 Å². The average molecular weight is 328 g/mol. The van der Waals surface area contributed by atoms with E-state index in [9.17, 15) is 4.79 Å². The van der Waals surface area contributed by atoms with E-state index in [1.807, 2.05) is 25.1 Å². The van der Waals surface area contributed by atoms with E-state index in [0.717, 1.165) is 23.8 Å². The second-order valence-electron chi connectivity index (χ2n) is 6.37. The number of hydrogen-bond donors (Lipinski definition) is 0. The largest absolute Gasteiger partial charge is 0.423 e. The third-order valence-corrected chi connectivity index (χ3v) is 4.82. The van der Waals surface area contributed by atoms with E-state index in [4.69, 9.17) is 4.74 Å². The van der Waals surface area contributed by atoms with Crippen LogP contribution in [-0.4, -0.2) is 5.97 Å². The fourth-order valence-corrected chi connectivity index (χ4v) is 3.60. The van der Waals surface area contributed by atoms with Crippen LogP contribution in [0.15, 0.2) is 66.2 Å². The highest BCUT2D eigenvalue weighted by Gasteiger charge is 2.15. The Kier molecular flexibility index (Phi) is 3.89. The van der Waals surface area contributed by atoms with Crippen LogP contribution < -0.4 is 4.74 Å². The summed E-state index contributed by atoms with van der Waals surface area (Å²) in [7, 11) is 0. The molecule has 0 unspecified atom stereocenters. The first-order valence-electron chi connectivity index (χ1n) is 8.77. The summed E-state index contributed by atoms with van der Waals surface area (Å²) >= 11 is 0. The van der Waals surface area contributed by atoms with Crippen molar-refractivity contribution in [2.24, 2.45) is 0 Å². The molecule has 0 saturated carbocycles. The molecular formula is C23H20O2. The number of allylic oxidation sites excluding steroid dienone is 1. The highest BCUT2D eigenvalue weighted by atomic mass is 16.5. The lowest BCUT2D eigenvalue weighted by Gasteiger charge is -2.14. The van der Waals surface area contributed by atoms with Crippen LogP contribution in [-0.2, 0) is 4.79 Å². The summed E-state index contributed by atoms with van der Waals surface area (Å²) in [6.45, 7) is 3.95. The Morgan fingerprint density at radius 1 is 0.920 bits per heavy atom. The van der Waals surface area contributed by atoms with Crippen LogP contribution in [0.1, 0.15) is 26.7 Å². The van der Waals surface area contributed by atoms with Gasteiger partial charge in [0.1, 0.15) is 5.75 Å². The number of rotatable bonds is 4. The summed E-state index contributed by atoms with van der Waals surface area (Å²) < 4.78 is 5.77. The molecule has 4 rings (SSSR count). The normalized spacial score (nSPS) is 12.3. The SMILES string of the molecule is CC=C(CCC)C(=O)Oc1ccc2ccc3cccc4ccc1c2c34. The van der Waals surface area contributed by atoms with E-state index >= 15 is 0 Å². The van der Waals surface area contributed by atoms with Crippen molar-refractivity contribution in [3.63, 3.8) is 0 Å². The zero-order chi connectivity index (χ0) is 17.4. The van der Waals surface area contributed by atoms with Crippen molar-refractivity contribution in [1.29, 1.82) is 0 Å². The molecule has 0 radical (unpaired) electrons. The summed E-state index contributed by atoms with van der Waals surface area (Å²) in [4.78, 5) is 12.5. The molecule has 2 nitrogen and oxygen atoms in total. The molecule has 4 aromatic carbocycles. The van der Waals surface area contributed by atoms with Crippen molar-refractivity contribution in [2.75, 3.05) is 0 Å². The summed E-state index contributed by atoms with van der Waals surface area (Å²) in [5, 5.41) is 6.97. The molecule has 0 atom stereocenters. The monoisotopic (exact) mass is 328 g/mol. The van der Waals surface area contributed by atoms with Gasteiger partial charge >= 0.3 is 5.97 Å². The number of benzene rings is 4. The topological polar surface area (TPSA) is 26.3 Å². The van der Waals surface area contributed by atoms with Crippen LogP contribution in [0.3, 0.4) is 0 Å². The van der Waals surface area contributed by atoms with Crippen molar-refractivity contribution in [2.45, 2.75) is 26.7 Å². The second kappa shape index (κ2) is 6.21. The lowest BCUT2D eigenvalue weighted by Crippen LogP contribution is -2.11. The molecule has 0 bridgehead atoms. The summed E-state index contributed by atoms with van der Waals surface area (Å²) in [6, 6.07) is 18.7. The standard InChI is InChI=1S/C23H20O2/c1-3-6-15(4-2)23(24)25-20-14-12-18-10-9-16-7-5-8-17-11-13-19(20)22(18)21(16)17/h4-5,7-14H,3,6H2,1-2H3. The minimum absolute atomic E-state index is 0.251. The molecule has 0 spiro atoms. The quantitative estimate of drug-likeness (QED) is 0.192. The summed E-state index contributed by atoms with van der Waals surface area (Å²) in [6.07, 6.45) is 3.51.